The molecule has 3 N–H and O–H groups in total. The van der Waals surface area contributed by atoms with Crippen LogP contribution in [0.2, 0.25) is 0 Å². The average Bonchev–Trinajstić information content (AvgIpc) is 2.86. The zero-order valence-electron chi connectivity index (χ0n) is 18.7. The fourth-order valence-electron chi connectivity index (χ4n) is 3.35. The van der Waals surface area contributed by atoms with Crippen molar-refractivity contribution in [1.82, 2.24) is 10.3 Å². The number of rotatable bonds is 11. The first-order valence-corrected chi connectivity index (χ1v) is 11.0. The van der Waals surface area contributed by atoms with Crippen molar-refractivity contribution in [2.45, 2.75) is 25.2 Å². The number of nitrogens with zero attached hydrogens (tertiary/aromatic N) is 2. The van der Waals surface area contributed by atoms with Crippen LogP contribution in [0, 0.1) is 11.3 Å². The molecule has 0 saturated heterocycles. The lowest BCUT2D eigenvalue weighted by molar-refractivity contribution is -0.122. The van der Waals surface area contributed by atoms with Crippen LogP contribution in [-0.2, 0) is 11.2 Å². The molecule has 3 rings (SSSR count). The van der Waals surface area contributed by atoms with Crippen LogP contribution >= 0.6 is 0 Å². The minimum atomic E-state index is -1.65. The van der Waals surface area contributed by atoms with E-state index in [0.29, 0.717) is 29.9 Å². The smallest absolute Gasteiger partial charge is 0.475 e. The molecule has 172 valence electrons. The van der Waals surface area contributed by atoms with Gasteiger partial charge in [-0.05, 0) is 54.3 Å². The Morgan fingerprint density at radius 1 is 1.12 bits per heavy atom. The number of nitriles is 1. The van der Waals surface area contributed by atoms with Crippen molar-refractivity contribution >= 4 is 24.7 Å². The number of carbonyl (C=O) groups excluding carboxylic acids is 1. The summed E-state index contributed by atoms with van der Waals surface area (Å²) in [7, 11) is -1.65. The van der Waals surface area contributed by atoms with Crippen LogP contribution in [0.3, 0.4) is 0 Å². The predicted molar refractivity (Wildman–Crippen MR) is 131 cm³/mol. The summed E-state index contributed by atoms with van der Waals surface area (Å²) in [6.45, 7) is 0.122. The van der Waals surface area contributed by atoms with E-state index < -0.39 is 13.1 Å². The molecule has 2 aromatic carbocycles. The SMILES string of the molecule is N#CC(=Cc1cccc(OCCC(=O)N[C@@H](CCc2ccccc2)B(O)O)c1)c1ccccn1. The van der Waals surface area contributed by atoms with Crippen molar-refractivity contribution < 1.29 is 19.6 Å². The highest BCUT2D eigenvalue weighted by Gasteiger charge is 2.24. The van der Waals surface area contributed by atoms with Crippen molar-refractivity contribution in [3.8, 4) is 11.8 Å². The first kappa shape index (κ1) is 24.7. The van der Waals surface area contributed by atoms with Gasteiger partial charge in [0.05, 0.1) is 30.2 Å². The van der Waals surface area contributed by atoms with Gasteiger partial charge in [0.15, 0.2) is 0 Å². The van der Waals surface area contributed by atoms with Gasteiger partial charge in [-0.1, -0.05) is 48.5 Å². The maximum absolute atomic E-state index is 12.3. The molecule has 1 aromatic heterocycles. The molecule has 8 heteroatoms. The Hall–Kier alpha value is -3.93. The fraction of sp³-hybridized carbons (Fsp3) is 0.192. The Morgan fingerprint density at radius 2 is 1.91 bits per heavy atom. The number of pyridine rings is 1. The first-order valence-electron chi connectivity index (χ1n) is 11.0. The van der Waals surface area contributed by atoms with E-state index in [1.807, 2.05) is 42.5 Å². The quantitative estimate of drug-likeness (QED) is 0.303. The second-order valence-corrected chi connectivity index (χ2v) is 7.67. The van der Waals surface area contributed by atoms with Crippen molar-refractivity contribution in [1.29, 1.82) is 5.26 Å². The van der Waals surface area contributed by atoms with Crippen molar-refractivity contribution in [3.63, 3.8) is 0 Å². The molecule has 0 unspecified atom stereocenters. The monoisotopic (exact) mass is 455 g/mol. The summed E-state index contributed by atoms with van der Waals surface area (Å²) in [5, 5.41) is 31.4. The molecule has 0 saturated carbocycles. The van der Waals surface area contributed by atoms with Crippen molar-refractivity contribution in [3.05, 3.63) is 95.8 Å². The lowest BCUT2D eigenvalue weighted by atomic mass is 9.76. The normalized spacial score (nSPS) is 11.9. The lowest BCUT2D eigenvalue weighted by Gasteiger charge is -2.18. The molecule has 0 radical (unpaired) electrons. The van der Waals surface area contributed by atoms with Gasteiger partial charge in [-0.3, -0.25) is 9.78 Å². The molecule has 0 bridgehead atoms. The number of hydrogen-bond donors (Lipinski definition) is 3. The van der Waals surface area contributed by atoms with E-state index in [1.165, 1.54) is 0 Å². The molecule has 34 heavy (non-hydrogen) atoms. The second kappa shape index (κ2) is 12.9. The number of aryl methyl sites for hydroxylation is 1. The number of nitrogens with one attached hydrogen (secondary N) is 1. The van der Waals surface area contributed by atoms with Crippen LogP contribution in [0.5, 0.6) is 5.75 Å². The number of carbonyl (C=O) groups is 1. The van der Waals surface area contributed by atoms with Crippen LogP contribution < -0.4 is 10.1 Å². The summed E-state index contributed by atoms with van der Waals surface area (Å²) in [6.07, 6.45) is 4.44. The predicted octanol–water partition coefficient (Wildman–Crippen LogP) is 3.04. The van der Waals surface area contributed by atoms with E-state index in [1.54, 1.807) is 42.6 Å². The molecule has 0 spiro atoms. The van der Waals surface area contributed by atoms with E-state index >= 15 is 0 Å². The van der Waals surface area contributed by atoms with Gasteiger partial charge < -0.3 is 20.1 Å². The Morgan fingerprint density at radius 3 is 2.62 bits per heavy atom. The van der Waals surface area contributed by atoms with E-state index in [-0.39, 0.29) is 18.9 Å². The van der Waals surface area contributed by atoms with Crippen molar-refractivity contribution in [2.24, 2.45) is 0 Å². The highest BCUT2D eigenvalue weighted by atomic mass is 16.5. The van der Waals surface area contributed by atoms with E-state index in [9.17, 15) is 20.1 Å². The van der Waals surface area contributed by atoms with Gasteiger partial charge in [-0.15, -0.1) is 0 Å². The van der Waals surface area contributed by atoms with Gasteiger partial charge in [0.1, 0.15) is 11.8 Å². The van der Waals surface area contributed by atoms with Crippen molar-refractivity contribution in [2.75, 3.05) is 6.61 Å². The molecule has 3 aromatic rings. The van der Waals surface area contributed by atoms with Gasteiger partial charge in [0.2, 0.25) is 5.91 Å². The maximum atomic E-state index is 12.3. The molecule has 1 amide bonds. The zero-order chi connectivity index (χ0) is 24.2. The topological polar surface area (TPSA) is 115 Å². The Bertz CT molecular complexity index is 1130. The average molecular weight is 455 g/mol. The Kier molecular flexibility index (Phi) is 9.41. The molecular formula is C26H26BN3O4. The Labute approximate surface area is 199 Å². The van der Waals surface area contributed by atoms with Crippen LogP contribution in [0.1, 0.15) is 29.7 Å². The first-order chi connectivity index (χ1) is 16.5. The summed E-state index contributed by atoms with van der Waals surface area (Å²) in [5.41, 5.74) is 2.85. The largest absolute Gasteiger partial charge is 0.493 e. The zero-order valence-corrected chi connectivity index (χ0v) is 18.7. The molecule has 1 heterocycles. The second-order valence-electron chi connectivity index (χ2n) is 7.67. The van der Waals surface area contributed by atoms with Gasteiger partial charge in [-0.2, -0.15) is 5.26 Å². The molecule has 0 aliphatic heterocycles. The van der Waals surface area contributed by atoms with Crippen LogP contribution in [0.4, 0.5) is 0 Å². The number of amides is 1. The van der Waals surface area contributed by atoms with E-state index in [2.05, 4.69) is 16.4 Å². The number of aromatic nitrogens is 1. The van der Waals surface area contributed by atoms with E-state index in [4.69, 9.17) is 4.74 Å². The number of allylic oxidation sites excluding steroid dienone is 1. The van der Waals surface area contributed by atoms with Crippen LogP contribution in [0.25, 0.3) is 11.6 Å². The number of hydrogen-bond acceptors (Lipinski definition) is 6. The highest BCUT2D eigenvalue weighted by molar-refractivity contribution is 6.43. The van der Waals surface area contributed by atoms with Crippen LogP contribution in [-0.4, -0.2) is 40.6 Å². The summed E-state index contributed by atoms with van der Waals surface area (Å²) < 4.78 is 5.70. The molecule has 0 aliphatic carbocycles. The fourth-order valence-corrected chi connectivity index (χ4v) is 3.35. The lowest BCUT2D eigenvalue weighted by Crippen LogP contribution is -2.47. The summed E-state index contributed by atoms with van der Waals surface area (Å²) in [4.78, 5) is 16.5. The third-order valence-electron chi connectivity index (χ3n) is 5.12. The van der Waals surface area contributed by atoms with Gasteiger partial charge in [0.25, 0.3) is 0 Å². The van der Waals surface area contributed by atoms with Gasteiger partial charge in [0, 0.05) is 6.20 Å². The maximum Gasteiger partial charge on any atom is 0.475 e. The van der Waals surface area contributed by atoms with E-state index in [0.717, 1.165) is 11.1 Å². The number of benzene rings is 2. The Balaban J connectivity index is 1.51. The third kappa shape index (κ3) is 7.89. The number of ether oxygens (including phenoxy) is 1. The van der Waals surface area contributed by atoms with Gasteiger partial charge in [-0.25, -0.2) is 0 Å². The summed E-state index contributed by atoms with van der Waals surface area (Å²) >= 11 is 0. The standard InChI is InChI=1S/C26H26BN3O4/c28-19-22(24-11-4-5-15-29-24)17-21-9-6-10-23(18-21)34-16-14-26(31)30-25(27(32)33)13-12-20-7-2-1-3-8-20/h1-11,15,17-18,25,32-33H,12-14,16H2,(H,30,31)/t25-/m0/s1. The third-order valence-corrected chi connectivity index (χ3v) is 5.12. The summed E-state index contributed by atoms with van der Waals surface area (Å²) in [6, 6.07) is 24.4. The minimum Gasteiger partial charge on any atom is -0.493 e. The summed E-state index contributed by atoms with van der Waals surface area (Å²) in [5.74, 6) is -0.538. The van der Waals surface area contributed by atoms with Crippen LogP contribution in [0.15, 0.2) is 79.0 Å². The highest BCUT2D eigenvalue weighted by Crippen LogP contribution is 2.19. The minimum absolute atomic E-state index is 0.0615. The molecule has 0 aliphatic rings. The molecule has 0 fully saturated rings. The van der Waals surface area contributed by atoms with Gasteiger partial charge >= 0.3 is 7.12 Å². The molecule has 7 nitrogen and oxygen atoms in total. The molecular weight excluding hydrogens is 429 g/mol. The molecule has 1 atom stereocenters.